The molecule has 2 fully saturated rings. The first-order chi connectivity index (χ1) is 14.3. The number of aryl methyl sites for hydroxylation is 3. The molecule has 7 nitrogen and oxygen atoms in total. The van der Waals surface area contributed by atoms with E-state index in [9.17, 15) is 13.2 Å². The number of piperazine rings is 1. The fourth-order valence-electron chi connectivity index (χ4n) is 4.61. The second-order valence-electron chi connectivity index (χ2n) is 8.56. The van der Waals surface area contributed by atoms with Crippen molar-refractivity contribution in [1.29, 1.82) is 0 Å². The average molecular weight is 437 g/mol. The van der Waals surface area contributed by atoms with Crippen LogP contribution in [0, 0.1) is 20.8 Å². The van der Waals surface area contributed by atoms with Gasteiger partial charge in [0.1, 0.15) is 0 Å². The van der Waals surface area contributed by atoms with Gasteiger partial charge in [0.15, 0.2) is 0 Å². The molecule has 8 heteroatoms. The minimum absolute atomic E-state index is 0.0372. The highest BCUT2D eigenvalue weighted by Crippen LogP contribution is 2.25. The summed E-state index contributed by atoms with van der Waals surface area (Å²) in [4.78, 5) is 17.2. The molecule has 1 N–H and O–H groups in total. The number of benzene rings is 1. The fraction of sp³-hybridized carbons (Fsp3) is 0.682. The molecule has 2 aliphatic heterocycles. The van der Waals surface area contributed by atoms with Crippen molar-refractivity contribution in [2.45, 2.75) is 44.9 Å². The third-order valence-electron chi connectivity index (χ3n) is 6.11. The summed E-state index contributed by atoms with van der Waals surface area (Å²) in [5, 5.41) is 3.24. The van der Waals surface area contributed by atoms with Gasteiger partial charge in [0.2, 0.25) is 15.9 Å². The van der Waals surface area contributed by atoms with Crippen molar-refractivity contribution in [1.82, 2.24) is 19.4 Å². The van der Waals surface area contributed by atoms with Gasteiger partial charge in [-0.2, -0.15) is 4.31 Å². The molecule has 0 bridgehead atoms. The zero-order valence-corrected chi connectivity index (χ0v) is 19.4. The second-order valence-corrected chi connectivity index (χ2v) is 10.4. The number of carbonyl (C=O) groups is 1. The quantitative estimate of drug-likeness (QED) is 0.669. The molecule has 1 amide bonds. The Balaban J connectivity index is 1.77. The van der Waals surface area contributed by atoms with Gasteiger partial charge >= 0.3 is 0 Å². The molecule has 0 unspecified atom stereocenters. The minimum Gasteiger partial charge on any atom is -0.340 e. The predicted molar refractivity (Wildman–Crippen MR) is 119 cm³/mol. The van der Waals surface area contributed by atoms with Crippen molar-refractivity contribution in [3.8, 4) is 0 Å². The van der Waals surface area contributed by atoms with Crippen LogP contribution in [0.25, 0.3) is 0 Å². The van der Waals surface area contributed by atoms with Gasteiger partial charge in [-0.25, -0.2) is 8.42 Å². The topological polar surface area (TPSA) is 73.0 Å². The molecule has 0 atom stereocenters. The lowest BCUT2D eigenvalue weighted by atomic mass is 10.1. The predicted octanol–water partition coefficient (Wildman–Crippen LogP) is 1.52. The van der Waals surface area contributed by atoms with Gasteiger partial charge in [0.25, 0.3) is 0 Å². The molecule has 2 heterocycles. The summed E-state index contributed by atoms with van der Waals surface area (Å²) in [6.07, 6.45) is 2.57. The lowest BCUT2D eigenvalue weighted by Crippen LogP contribution is -2.47. The summed E-state index contributed by atoms with van der Waals surface area (Å²) < 4.78 is 28.8. The van der Waals surface area contributed by atoms with Crippen LogP contribution < -0.4 is 5.32 Å². The van der Waals surface area contributed by atoms with Gasteiger partial charge in [-0.05, 0) is 57.8 Å². The number of nitrogens with one attached hydrogen (secondary N) is 1. The Bertz CT molecular complexity index is 821. The van der Waals surface area contributed by atoms with Crippen LogP contribution in [-0.4, -0.2) is 87.3 Å². The van der Waals surface area contributed by atoms with Gasteiger partial charge in [-0.1, -0.05) is 17.7 Å². The van der Waals surface area contributed by atoms with E-state index in [4.69, 9.17) is 0 Å². The maximum Gasteiger partial charge on any atom is 0.243 e. The standard InChI is InChI=1S/C22H36N4O3S/c1-18-16-19(2)22(20(3)17-18)30(28,29)26(15-14-24-9-4-5-10-24)11-6-21(27)25-12-7-23-8-13-25/h16-17,23H,4-15H2,1-3H3. The van der Waals surface area contributed by atoms with E-state index in [1.165, 1.54) is 17.1 Å². The van der Waals surface area contributed by atoms with Crippen molar-refractivity contribution in [3.63, 3.8) is 0 Å². The number of hydrogen-bond acceptors (Lipinski definition) is 5. The zero-order valence-electron chi connectivity index (χ0n) is 18.6. The van der Waals surface area contributed by atoms with Crippen LogP contribution in [0.5, 0.6) is 0 Å². The average Bonchev–Trinajstić information content (AvgIpc) is 3.20. The maximum atomic E-state index is 13.7. The number of amides is 1. The first-order valence-corrected chi connectivity index (χ1v) is 12.5. The molecule has 3 rings (SSSR count). The molecule has 1 aromatic rings. The van der Waals surface area contributed by atoms with Gasteiger partial charge in [0, 0.05) is 52.2 Å². The number of nitrogens with zero attached hydrogens (tertiary/aromatic N) is 3. The Morgan fingerprint density at radius 1 is 1.00 bits per heavy atom. The Hall–Kier alpha value is -1.48. The third-order valence-corrected chi connectivity index (χ3v) is 8.32. The van der Waals surface area contributed by atoms with Crippen LogP contribution in [0.15, 0.2) is 17.0 Å². The van der Waals surface area contributed by atoms with Crippen molar-refractivity contribution in [2.75, 3.05) is 58.9 Å². The van der Waals surface area contributed by atoms with E-state index in [1.54, 1.807) is 0 Å². The summed E-state index contributed by atoms with van der Waals surface area (Å²) in [7, 11) is -3.67. The molecule has 1 aromatic carbocycles. The van der Waals surface area contributed by atoms with Crippen LogP contribution in [-0.2, 0) is 14.8 Å². The zero-order chi connectivity index (χ0) is 21.7. The lowest BCUT2D eigenvalue weighted by Gasteiger charge is -2.30. The molecule has 0 aliphatic carbocycles. The Morgan fingerprint density at radius 3 is 2.20 bits per heavy atom. The first kappa shape index (κ1) is 23.2. The Morgan fingerprint density at radius 2 is 1.60 bits per heavy atom. The highest BCUT2D eigenvalue weighted by Gasteiger charge is 2.29. The van der Waals surface area contributed by atoms with E-state index in [1.807, 2.05) is 37.8 Å². The van der Waals surface area contributed by atoms with Crippen molar-refractivity contribution < 1.29 is 13.2 Å². The molecule has 2 saturated heterocycles. The fourth-order valence-corrected chi connectivity index (χ4v) is 6.45. The summed E-state index contributed by atoms with van der Waals surface area (Å²) in [5.41, 5.74) is 2.60. The maximum absolute atomic E-state index is 13.7. The summed E-state index contributed by atoms with van der Waals surface area (Å²) >= 11 is 0. The van der Waals surface area contributed by atoms with Crippen LogP contribution in [0.3, 0.4) is 0 Å². The molecule has 0 spiro atoms. The summed E-state index contributed by atoms with van der Waals surface area (Å²) in [5.74, 6) is 0.0372. The third kappa shape index (κ3) is 5.60. The van der Waals surface area contributed by atoms with Crippen LogP contribution in [0.2, 0.25) is 0 Å². The Kier molecular flexibility index (Phi) is 7.90. The number of likely N-dealkylation sites (tertiary alicyclic amines) is 1. The van der Waals surface area contributed by atoms with Gasteiger partial charge in [-0.3, -0.25) is 4.79 Å². The van der Waals surface area contributed by atoms with E-state index < -0.39 is 10.0 Å². The van der Waals surface area contributed by atoms with Crippen molar-refractivity contribution in [3.05, 3.63) is 28.8 Å². The monoisotopic (exact) mass is 436 g/mol. The summed E-state index contributed by atoms with van der Waals surface area (Å²) in [6, 6.07) is 3.84. The molecule has 168 valence electrons. The normalized spacial score (nSPS) is 18.3. The molecule has 0 saturated carbocycles. The smallest absolute Gasteiger partial charge is 0.243 e. The van der Waals surface area contributed by atoms with Gasteiger partial charge < -0.3 is 15.1 Å². The second kappa shape index (κ2) is 10.2. The molecule has 2 aliphatic rings. The number of carbonyl (C=O) groups excluding carboxylic acids is 1. The highest BCUT2D eigenvalue weighted by atomic mass is 32.2. The molecule has 30 heavy (non-hydrogen) atoms. The Labute approximate surface area is 181 Å². The van der Waals surface area contributed by atoms with Gasteiger partial charge in [-0.15, -0.1) is 0 Å². The largest absolute Gasteiger partial charge is 0.340 e. The molecular weight excluding hydrogens is 400 g/mol. The van der Waals surface area contributed by atoms with E-state index in [2.05, 4.69) is 10.2 Å². The van der Waals surface area contributed by atoms with E-state index >= 15 is 0 Å². The van der Waals surface area contributed by atoms with Crippen LogP contribution in [0.1, 0.15) is 36.0 Å². The molecule has 0 radical (unpaired) electrons. The van der Waals surface area contributed by atoms with E-state index in [0.717, 1.165) is 42.9 Å². The van der Waals surface area contributed by atoms with E-state index in [0.29, 0.717) is 31.1 Å². The number of hydrogen-bond donors (Lipinski definition) is 1. The van der Waals surface area contributed by atoms with Crippen molar-refractivity contribution in [2.24, 2.45) is 0 Å². The SMILES string of the molecule is Cc1cc(C)c(S(=O)(=O)N(CCC(=O)N2CCNCC2)CCN2CCCC2)c(C)c1. The van der Waals surface area contributed by atoms with Crippen molar-refractivity contribution >= 4 is 15.9 Å². The minimum atomic E-state index is -3.67. The van der Waals surface area contributed by atoms with E-state index in [-0.39, 0.29) is 18.9 Å². The first-order valence-electron chi connectivity index (χ1n) is 11.1. The molecular formula is C22H36N4O3S. The molecule has 0 aromatic heterocycles. The highest BCUT2D eigenvalue weighted by molar-refractivity contribution is 7.89. The van der Waals surface area contributed by atoms with Gasteiger partial charge in [0.05, 0.1) is 4.90 Å². The summed E-state index contributed by atoms with van der Waals surface area (Å²) in [6.45, 7) is 12.1. The van der Waals surface area contributed by atoms with Crippen LogP contribution in [0.4, 0.5) is 0 Å². The van der Waals surface area contributed by atoms with Crippen LogP contribution >= 0.6 is 0 Å². The number of rotatable bonds is 8. The number of sulfonamides is 1. The lowest BCUT2D eigenvalue weighted by molar-refractivity contribution is -0.131.